The van der Waals surface area contributed by atoms with E-state index >= 15 is 0 Å². The maximum absolute atomic E-state index is 11.6. The van der Waals surface area contributed by atoms with Gasteiger partial charge in [0.2, 0.25) is 0 Å². The first-order valence-electron chi connectivity index (χ1n) is 17.8. The van der Waals surface area contributed by atoms with E-state index in [2.05, 4.69) is 0 Å². The van der Waals surface area contributed by atoms with Gasteiger partial charge in [-0.2, -0.15) is 0 Å². The minimum absolute atomic E-state index is 0.0128. The molecular weight excluding hydrogens is 724 g/mol. The van der Waals surface area contributed by atoms with E-state index < -0.39 is 108 Å². The normalized spacial score (nSPS) is 14.1. The van der Waals surface area contributed by atoms with Crippen molar-refractivity contribution < 1.29 is 93.8 Å². The van der Waals surface area contributed by atoms with Crippen LogP contribution < -0.4 is 0 Å². The van der Waals surface area contributed by atoms with Gasteiger partial charge in [0.25, 0.3) is 0 Å². The topological polar surface area (TPSA) is 345 Å². The van der Waals surface area contributed by atoms with E-state index in [4.69, 9.17) is 14.9 Å². The highest BCUT2D eigenvalue weighted by atomic mass is 16.5. The first kappa shape index (κ1) is 49.2. The molecule has 9 N–H and O–H groups in total. The van der Waals surface area contributed by atoms with Crippen molar-refractivity contribution in [1.82, 2.24) is 0 Å². The van der Waals surface area contributed by atoms with Crippen LogP contribution in [0, 0.1) is 41.4 Å². The molecule has 0 bridgehead atoms. The third-order valence-electron chi connectivity index (χ3n) is 9.46. The molecule has 0 aromatic carbocycles. The maximum Gasteiger partial charge on any atom is 0.318 e. The molecule has 54 heavy (non-hydrogen) atoms. The van der Waals surface area contributed by atoms with Crippen LogP contribution in [0.1, 0.15) is 109 Å². The summed E-state index contributed by atoms with van der Waals surface area (Å²) in [6.45, 7) is 0.151. The first-order valence-corrected chi connectivity index (χ1v) is 17.8. The lowest BCUT2D eigenvalue weighted by Gasteiger charge is -2.24. The predicted molar refractivity (Wildman–Crippen MR) is 182 cm³/mol. The molecule has 0 aromatic heterocycles. The minimum Gasteiger partial charge on any atom is -0.481 e. The lowest BCUT2D eigenvalue weighted by atomic mass is 9.81. The molecular formula is C35H54O19. The third kappa shape index (κ3) is 25.2. The molecule has 0 fully saturated rings. The minimum atomic E-state index is -2.02. The molecule has 19 heteroatoms. The van der Waals surface area contributed by atoms with E-state index in [9.17, 15) is 78.9 Å². The number of rotatable bonds is 35. The van der Waals surface area contributed by atoms with Crippen LogP contribution in [0.3, 0.4) is 0 Å². The second-order valence-electron chi connectivity index (χ2n) is 13.9. The predicted octanol–water partition coefficient (Wildman–Crippen LogP) is 3.71. The summed E-state index contributed by atoms with van der Waals surface area (Å²) in [4.78, 5) is 103. The highest BCUT2D eigenvalue weighted by Gasteiger charge is 2.36. The van der Waals surface area contributed by atoms with Gasteiger partial charge in [0, 0.05) is 58.2 Å². The molecule has 0 rings (SSSR count). The average molecular weight is 779 g/mol. The van der Waals surface area contributed by atoms with Gasteiger partial charge >= 0.3 is 53.7 Å². The fourth-order valence-electron chi connectivity index (χ4n) is 6.74. The van der Waals surface area contributed by atoms with E-state index in [1.807, 2.05) is 0 Å². The van der Waals surface area contributed by atoms with Gasteiger partial charge in [-0.3, -0.25) is 43.2 Å². The summed E-state index contributed by atoms with van der Waals surface area (Å²) >= 11 is 0. The SMILES string of the molecule is O=C(O)CC(CCOCCC(CCC(CCC(CC(=O)O)C(C(=O)O)C(=O)O)CC(=O)O)CC(=O)O)CCC(CCC(CC(=O)O)CC(=O)O)CC(=O)O. The van der Waals surface area contributed by atoms with Crippen LogP contribution in [0.15, 0.2) is 0 Å². The zero-order chi connectivity index (χ0) is 41.4. The fraction of sp³-hybridized carbons (Fsp3) is 0.743. The molecule has 0 aliphatic rings. The van der Waals surface area contributed by atoms with Gasteiger partial charge in [-0.15, -0.1) is 0 Å². The van der Waals surface area contributed by atoms with E-state index in [1.54, 1.807) is 0 Å². The van der Waals surface area contributed by atoms with Gasteiger partial charge in [-0.25, -0.2) is 0 Å². The van der Waals surface area contributed by atoms with Gasteiger partial charge in [-0.1, -0.05) is 0 Å². The Morgan fingerprint density at radius 2 is 0.556 bits per heavy atom. The zero-order valence-electron chi connectivity index (χ0n) is 30.1. The van der Waals surface area contributed by atoms with Crippen LogP contribution in [0.4, 0.5) is 0 Å². The molecule has 5 atom stereocenters. The summed E-state index contributed by atoms with van der Waals surface area (Å²) in [5.74, 6) is -17.8. The van der Waals surface area contributed by atoms with Crippen molar-refractivity contribution in [2.75, 3.05) is 13.2 Å². The van der Waals surface area contributed by atoms with Gasteiger partial charge in [-0.05, 0) is 99.7 Å². The Morgan fingerprint density at radius 1 is 0.315 bits per heavy atom. The first-order chi connectivity index (χ1) is 25.2. The Balaban J connectivity index is 5.34. The van der Waals surface area contributed by atoms with E-state index in [1.165, 1.54) is 0 Å². The largest absolute Gasteiger partial charge is 0.481 e. The van der Waals surface area contributed by atoms with Crippen LogP contribution in [0.2, 0.25) is 0 Å². The number of hydrogen-bond donors (Lipinski definition) is 9. The Labute approximate surface area is 311 Å². The number of hydrogen-bond acceptors (Lipinski definition) is 10. The number of aliphatic carboxylic acids is 9. The molecule has 0 aromatic rings. The highest BCUT2D eigenvalue weighted by molar-refractivity contribution is 5.93. The van der Waals surface area contributed by atoms with Gasteiger partial charge < -0.3 is 50.7 Å². The van der Waals surface area contributed by atoms with E-state index in [0.29, 0.717) is 12.8 Å². The standard InChI is InChI=1S/C35H54O19/c36-26(37)13-20(5-6-24(17-30(44)45)18-31(46)47)1-3-22(15-28(40)41)9-11-54-12-10-23(16-29(42)43)4-2-21(14-27(38)39)7-8-25(19-32(48)49)33(34(50)51)35(52)53/h20-25,33H,1-19H2,(H,36,37)(H,38,39)(H,40,41)(H,42,43)(H,44,45)(H,46,47)(H,48,49)(H,50,51)(H,52,53). The monoisotopic (exact) mass is 778 g/mol. The highest BCUT2D eigenvalue weighted by Crippen LogP contribution is 2.31. The summed E-state index contributed by atoms with van der Waals surface area (Å²) in [6, 6.07) is 0. The van der Waals surface area contributed by atoms with Crippen molar-refractivity contribution in [3.05, 3.63) is 0 Å². The van der Waals surface area contributed by atoms with Crippen LogP contribution in [-0.2, 0) is 47.9 Å². The number of ether oxygens (including phenoxy) is 1. The number of carboxylic acid groups (broad SMARTS) is 9. The van der Waals surface area contributed by atoms with Gasteiger partial charge in [0.15, 0.2) is 5.92 Å². The summed E-state index contributed by atoms with van der Waals surface area (Å²) in [5, 5.41) is 83.7. The zero-order valence-corrected chi connectivity index (χ0v) is 30.1. The molecule has 0 radical (unpaired) electrons. The molecule has 5 unspecified atom stereocenters. The second-order valence-corrected chi connectivity index (χ2v) is 13.9. The van der Waals surface area contributed by atoms with E-state index in [0.717, 1.165) is 0 Å². The second kappa shape index (κ2) is 26.9. The molecule has 19 nitrogen and oxygen atoms in total. The van der Waals surface area contributed by atoms with Crippen LogP contribution in [0.5, 0.6) is 0 Å². The summed E-state index contributed by atoms with van der Waals surface area (Å²) < 4.78 is 5.69. The average Bonchev–Trinajstić information content (AvgIpc) is 3.00. The molecule has 0 amide bonds. The molecule has 0 heterocycles. The molecule has 0 saturated carbocycles. The summed E-state index contributed by atoms with van der Waals surface area (Å²) in [6.07, 6.45) is -1.09. The van der Waals surface area contributed by atoms with Crippen LogP contribution in [-0.4, -0.2) is 113 Å². The van der Waals surface area contributed by atoms with Crippen LogP contribution >= 0.6 is 0 Å². The molecule has 0 aliphatic carbocycles. The smallest absolute Gasteiger partial charge is 0.318 e. The quantitative estimate of drug-likeness (QED) is 0.0327. The lowest BCUT2D eigenvalue weighted by molar-refractivity contribution is -0.159. The molecule has 0 spiro atoms. The van der Waals surface area contributed by atoms with Crippen molar-refractivity contribution in [3.63, 3.8) is 0 Å². The van der Waals surface area contributed by atoms with Crippen molar-refractivity contribution in [1.29, 1.82) is 0 Å². The Bertz CT molecular complexity index is 1230. The van der Waals surface area contributed by atoms with Crippen molar-refractivity contribution in [2.45, 2.75) is 109 Å². The van der Waals surface area contributed by atoms with Crippen molar-refractivity contribution in [3.8, 4) is 0 Å². The Morgan fingerprint density at radius 3 is 0.833 bits per heavy atom. The number of carbonyl (C=O) groups is 9. The molecule has 0 aliphatic heterocycles. The summed E-state index contributed by atoms with van der Waals surface area (Å²) in [5.41, 5.74) is 0. The summed E-state index contributed by atoms with van der Waals surface area (Å²) in [7, 11) is 0. The van der Waals surface area contributed by atoms with Gasteiger partial charge in [0.1, 0.15) is 0 Å². The fourth-order valence-corrected chi connectivity index (χ4v) is 6.74. The molecule has 308 valence electrons. The van der Waals surface area contributed by atoms with E-state index in [-0.39, 0.29) is 96.7 Å². The third-order valence-corrected chi connectivity index (χ3v) is 9.46. The van der Waals surface area contributed by atoms with Crippen molar-refractivity contribution >= 4 is 53.7 Å². The number of carboxylic acids is 9. The molecule has 0 saturated heterocycles. The lowest BCUT2D eigenvalue weighted by Crippen LogP contribution is -2.33. The van der Waals surface area contributed by atoms with Crippen LogP contribution in [0.25, 0.3) is 0 Å². The Hall–Kier alpha value is -4.81. The maximum atomic E-state index is 11.6. The van der Waals surface area contributed by atoms with Crippen molar-refractivity contribution in [2.24, 2.45) is 41.4 Å². The Kier molecular flexibility index (Phi) is 24.5. The van der Waals surface area contributed by atoms with Gasteiger partial charge in [0.05, 0.1) is 0 Å².